The van der Waals surface area contributed by atoms with E-state index in [4.69, 9.17) is 15.2 Å². The quantitative estimate of drug-likeness (QED) is 0.883. The zero-order valence-electron chi connectivity index (χ0n) is 12.3. The maximum Gasteiger partial charge on any atom is 0.169 e. The minimum Gasteiger partial charge on any atom is -0.494 e. The Morgan fingerprint density at radius 1 is 1.10 bits per heavy atom. The van der Waals surface area contributed by atoms with Gasteiger partial charge in [0.05, 0.1) is 13.2 Å². The van der Waals surface area contributed by atoms with E-state index in [1.165, 1.54) is 7.11 Å². The van der Waals surface area contributed by atoms with Crippen LogP contribution in [0.5, 0.6) is 5.75 Å². The molecule has 0 fully saturated rings. The van der Waals surface area contributed by atoms with Gasteiger partial charge in [0.15, 0.2) is 11.6 Å². The van der Waals surface area contributed by atoms with Crippen LogP contribution < -0.4 is 10.5 Å². The van der Waals surface area contributed by atoms with Crippen molar-refractivity contribution in [1.82, 2.24) is 0 Å². The molecular formula is C17H20FNO2. The topological polar surface area (TPSA) is 44.5 Å². The molecule has 0 aliphatic rings. The van der Waals surface area contributed by atoms with Crippen molar-refractivity contribution in [1.29, 1.82) is 0 Å². The first-order valence-electron chi connectivity index (χ1n) is 6.93. The molecule has 2 N–H and O–H groups in total. The highest BCUT2D eigenvalue weighted by atomic mass is 19.1. The van der Waals surface area contributed by atoms with Crippen LogP contribution in [0.2, 0.25) is 0 Å². The Kier molecular flexibility index (Phi) is 5.31. The van der Waals surface area contributed by atoms with Crippen molar-refractivity contribution in [2.24, 2.45) is 5.73 Å². The van der Waals surface area contributed by atoms with E-state index >= 15 is 0 Å². The summed E-state index contributed by atoms with van der Waals surface area (Å²) in [6, 6.07) is 14.0. The molecule has 0 heterocycles. The summed E-state index contributed by atoms with van der Waals surface area (Å²) >= 11 is 0. The summed E-state index contributed by atoms with van der Waals surface area (Å²) in [7, 11) is 1.44. The first-order chi connectivity index (χ1) is 10.2. The van der Waals surface area contributed by atoms with Gasteiger partial charge in [0.1, 0.15) is 6.10 Å². The molecule has 2 rings (SSSR count). The molecule has 2 unspecified atom stereocenters. The van der Waals surface area contributed by atoms with Crippen LogP contribution in [-0.2, 0) is 4.74 Å². The maximum atomic E-state index is 14.4. The average Bonchev–Trinajstić information content (AvgIpc) is 2.53. The Morgan fingerprint density at radius 3 is 2.43 bits per heavy atom. The van der Waals surface area contributed by atoms with Gasteiger partial charge in [-0.25, -0.2) is 4.39 Å². The Bertz CT molecular complexity index is 574. The van der Waals surface area contributed by atoms with Crippen molar-refractivity contribution in [3.63, 3.8) is 0 Å². The lowest BCUT2D eigenvalue weighted by Crippen LogP contribution is -2.23. The molecule has 2 atom stereocenters. The van der Waals surface area contributed by atoms with E-state index < -0.39 is 18.0 Å². The third kappa shape index (κ3) is 3.40. The number of hydrogen-bond donors (Lipinski definition) is 1. The molecule has 0 aromatic heterocycles. The molecule has 0 aliphatic carbocycles. The van der Waals surface area contributed by atoms with Gasteiger partial charge in [0.25, 0.3) is 0 Å². The lowest BCUT2D eigenvalue weighted by Gasteiger charge is -2.25. The number of hydrogen-bond acceptors (Lipinski definition) is 3. The van der Waals surface area contributed by atoms with Crippen molar-refractivity contribution in [3.8, 4) is 5.75 Å². The monoisotopic (exact) mass is 289 g/mol. The minimum absolute atomic E-state index is 0.186. The van der Waals surface area contributed by atoms with Gasteiger partial charge >= 0.3 is 0 Å². The second-order valence-electron chi connectivity index (χ2n) is 4.68. The number of nitrogens with two attached hydrogens (primary N) is 1. The molecule has 3 nitrogen and oxygen atoms in total. The number of ether oxygens (including phenoxy) is 2. The summed E-state index contributed by atoms with van der Waals surface area (Å²) in [4.78, 5) is 0. The largest absolute Gasteiger partial charge is 0.494 e. The Morgan fingerprint density at radius 2 is 1.81 bits per heavy atom. The van der Waals surface area contributed by atoms with Crippen molar-refractivity contribution in [3.05, 3.63) is 65.5 Å². The van der Waals surface area contributed by atoms with Gasteiger partial charge in [-0.2, -0.15) is 0 Å². The molecule has 2 aromatic rings. The molecule has 0 saturated carbocycles. The van der Waals surface area contributed by atoms with Gasteiger partial charge in [0.2, 0.25) is 0 Å². The van der Waals surface area contributed by atoms with Gasteiger partial charge in [-0.05, 0) is 18.6 Å². The molecule has 0 aliphatic heterocycles. The van der Waals surface area contributed by atoms with Crippen molar-refractivity contribution in [2.45, 2.75) is 19.1 Å². The van der Waals surface area contributed by atoms with Crippen molar-refractivity contribution < 1.29 is 13.9 Å². The predicted octanol–water partition coefficient (Wildman–Crippen LogP) is 3.61. The van der Waals surface area contributed by atoms with Crippen LogP contribution in [0, 0.1) is 5.82 Å². The van der Waals surface area contributed by atoms with Crippen LogP contribution in [-0.4, -0.2) is 13.7 Å². The average molecular weight is 289 g/mol. The van der Waals surface area contributed by atoms with E-state index in [9.17, 15) is 4.39 Å². The number of methoxy groups -OCH3 is 1. The number of rotatable bonds is 6. The SMILES string of the molecule is CCOC(c1ccccc1)C(N)c1cccc(OC)c1F. The molecule has 0 spiro atoms. The number of halogens is 1. The first-order valence-corrected chi connectivity index (χ1v) is 6.93. The van der Waals surface area contributed by atoms with Crippen molar-refractivity contribution in [2.75, 3.05) is 13.7 Å². The second-order valence-corrected chi connectivity index (χ2v) is 4.68. The van der Waals surface area contributed by atoms with Crippen LogP contribution in [0.15, 0.2) is 48.5 Å². The van der Waals surface area contributed by atoms with Crippen LogP contribution >= 0.6 is 0 Å². The fourth-order valence-electron chi connectivity index (χ4n) is 2.34. The predicted molar refractivity (Wildman–Crippen MR) is 80.7 cm³/mol. The summed E-state index contributed by atoms with van der Waals surface area (Å²) in [6.45, 7) is 2.39. The minimum atomic E-state index is -0.609. The highest BCUT2D eigenvalue weighted by Crippen LogP contribution is 2.33. The Labute approximate surface area is 124 Å². The fourth-order valence-corrected chi connectivity index (χ4v) is 2.34. The standard InChI is InChI=1S/C17H20FNO2/c1-3-21-17(12-8-5-4-6-9-12)16(19)13-10-7-11-14(20-2)15(13)18/h4-11,16-17H,3,19H2,1-2H3. The maximum absolute atomic E-state index is 14.4. The molecule has 0 amide bonds. The molecule has 21 heavy (non-hydrogen) atoms. The molecule has 0 bridgehead atoms. The van der Waals surface area contributed by atoms with Crippen LogP contribution in [0.25, 0.3) is 0 Å². The lowest BCUT2D eigenvalue weighted by molar-refractivity contribution is 0.0420. The van der Waals surface area contributed by atoms with Gasteiger partial charge in [-0.3, -0.25) is 0 Å². The molecule has 4 heteroatoms. The smallest absolute Gasteiger partial charge is 0.169 e. The Balaban J connectivity index is 2.37. The highest BCUT2D eigenvalue weighted by molar-refractivity contribution is 5.35. The van der Waals surface area contributed by atoms with E-state index in [0.717, 1.165) is 5.56 Å². The van der Waals surface area contributed by atoms with Gasteiger partial charge in [0, 0.05) is 12.2 Å². The molecule has 112 valence electrons. The fraction of sp³-hybridized carbons (Fsp3) is 0.294. The third-order valence-corrected chi connectivity index (χ3v) is 3.37. The van der Waals surface area contributed by atoms with Crippen LogP contribution in [0.3, 0.4) is 0 Å². The lowest BCUT2D eigenvalue weighted by atomic mass is 9.95. The van der Waals surface area contributed by atoms with Gasteiger partial charge in [-0.1, -0.05) is 42.5 Å². The number of benzene rings is 2. The molecule has 0 saturated heterocycles. The summed E-state index contributed by atoms with van der Waals surface area (Å²) in [5, 5.41) is 0. The van der Waals surface area contributed by atoms with Crippen LogP contribution in [0.4, 0.5) is 4.39 Å². The summed E-state index contributed by atoms with van der Waals surface area (Å²) in [6.07, 6.45) is -0.405. The third-order valence-electron chi connectivity index (χ3n) is 3.37. The van der Waals surface area contributed by atoms with Gasteiger partial charge < -0.3 is 15.2 Å². The normalized spacial score (nSPS) is 13.7. The van der Waals surface area contributed by atoms with E-state index in [0.29, 0.717) is 12.2 Å². The summed E-state index contributed by atoms with van der Waals surface area (Å²) in [5.74, 6) is -0.251. The summed E-state index contributed by atoms with van der Waals surface area (Å²) in [5.41, 5.74) is 7.57. The Hall–Kier alpha value is -1.91. The van der Waals surface area contributed by atoms with E-state index in [2.05, 4.69) is 0 Å². The van der Waals surface area contributed by atoms with E-state index in [-0.39, 0.29) is 5.75 Å². The molecule has 0 radical (unpaired) electrons. The second kappa shape index (κ2) is 7.20. The first kappa shape index (κ1) is 15.5. The molecular weight excluding hydrogens is 269 g/mol. The van der Waals surface area contributed by atoms with Crippen LogP contribution in [0.1, 0.15) is 30.2 Å². The molecule has 2 aromatic carbocycles. The van der Waals surface area contributed by atoms with Gasteiger partial charge in [-0.15, -0.1) is 0 Å². The highest BCUT2D eigenvalue weighted by Gasteiger charge is 2.25. The van der Waals surface area contributed by atoms with E-state index in [1.54, 1.807) is 18.2 Å². The van der Waals surface area contributed by atoms with E-state index in [1.807, 2.05) is 37.3 Å². The zero-order valence-corrected chi connectivity index (χ0v) is 12.3. The summed E-state index contributed by atoms with van der Waals surface area (Å²) < 4.78 is 25.1. The van der Waals surface area contributed by atoms with Crippen molar-refractivity contribution >= 4 is 0 Å². The zero-order chi connectivity index (χ0) is 15.2.